The molecule has 2 aromatic carbocycles. The molecule has 1 N–H and O–H groups in total. The fraction of sp³-hybridized carbons (Fsp3) is 0.517. The topological polar surface area (TPSA) is 55.9 Å². The van der Waals surface area contributed by atoms with E-state index in [0.29, 0.717) is 12.0 Å². The average molecular weight is 473 g/mol. The zero-order valence-electron chi connectivity index (χ0n) is 20.7. The van der Waals surface area contributed by atoms with Crippen LogP contribution in [0.15, 0.2) is 48.5 Å². The van der Waals surface area contributed by atoms with Gasteiger partial charge in [0, 0.05) is 44.3 Å². The van der Waals surface area contributed by atoms with E-state index < -0.39 is 0 Å². The Kier molecular flexibility index (Phi) is 5.79. The van der Waals surface area contributed by atoms with E-state index in [2.05, 4.69) is 57.4 Å². The van der Waals surface area contributed by atoms with Crippen LogP contribution in [0.4, 0.5) is 11.4 Å². The Balaban J connectivity index is 1.32. The first kappa shape index (κ1) is 22.6. The van der Waals surface area contributed by atoms with Gasteiger partial charge in [-0.1, -0.05) is 36.8 Å². The number of nitrogens with one attached hydrogen (secondary N) is 1. The molecule has 2 amide bonds. The standard InChI is InChI=1S/C29H36N4O2/c1-31-16-17-33(26(19-31)21-6-3-2-4-7-21)28(35)24-11-10-23(30-27(34)22-8-9-22)18-25(24)32-15-14-29(20-32)12-5-13-29/h2-4,6-7,10-11,18,22,26H,5,8-9,12-17,19-20H2,1H3,(H,30,34). The molecule has 0 aromatic heterocycles. The van der Waals surface area contributed by atoms with Crippen LogP contribution in [0.1, 0.15) is 60.5 Å². The molecule has 2 saturated heterocycles. The van der Waals surface area contributed by atoms with E-state index in [1.807, 2.05) is 18.2 Å². The quantitative estimate of drug-likeness (QED) is 0.694. The molecule has 184 valence electrons. The molecule has 6 rings (SSSR count). The minimum atomic E-state index is 0.0288. The molecule has 2 heterocycles. The molecular weight excluding hydrogens is 436 g/mol. The summed E-state index contributed by atoms with van der Waals surface area (Å²) >= 11 is 0. The molecule has 0 bridgehead atoms. The van der Waals surface area contributed by atoms with Crippen LogP contribution in [0, 0.1) is 11.3 Å². The predicted molar refractivity (Wildman–Crippen MR) is 139 cm³/mol. The normalized spacial score (nSPS) is 23.9. The molecule has 6 heteroatoms. The minimum absolute atomic E-state index is 0.0288. The molecule has 2 aliphatic heterocycles. The maximum absolute atomic E-state index is 14.2. The van der Waals surface area contributed by atoms with Gasteiger partial charge >= 0.3 is 0 Å². The maximum Gasteiger partial charge on any atom is 0.256 e. The Morgan fingerprint density at radius 3 is 2.46 bits per heavy atom. The summed E-state index contributed by atoms with van der Waals surface area (Å²) in [5.74, 6) is 0.355. The van der Waals surface area contributed by atoms with Gasteiger partial charge in [-0.3, -0.25) is 9.59 Å². The van der Waals surface area contributed by atoms with Crippen LogP contribution in [0.5, 0.6) is 0 Å². The number of amides is 2. The number of anilines is 2. The highest BCUT2D eigenvalue weighted by Gasteiger charge is 2.44. The predicted octanol–water partition coefficient (Wildman–Crippen LogP) is 4.54. The molecule has 0 radical (unpaired) electrons. The number of carbonyl (C=O) groups is 2. The molecule has 1 atom stereocenters. The monoisotopic (exact) mass is 472 g/mol. The van der Waals surface area contributed by atoms with Gasteiger partial charge in [0.05, 0.1) is 17.3 Å². The highest BCUT2D eigenvalue weighted by Crippen LogP contribution is 2.49. The molecule has 1 spiro atoms. The molecule has 4 aliphatic rings. The molecular formula is C29H36N4O2. The van der Waals surface area contributed by atoms with Crippen LogP contribution < -0.4 is 10.2 Å². The van der Waals surface area contributed by atoms with Crippen molar-refractivity contribution < 1.29 is 9.59 Å². The zero-order valence-corrected chi connectivity index (χ0v) is 20.7. The maximum atomic E-state index is 14.2. The molecule has 35 heavy (non-hydrogen) atoms. The summed E-state index contributed by atoms with van der Waals surface area (Å²) in [5.41, 5.74) is 4.15. The second kappa shape index (κ2) is 8.98. The summed E-state index contributed by atoms with van der Waals surface area (Å²) in [7, 11) is 2.13. The van der Waals surface area contributed by atoms with Crippen LogP contribution in [-0.4, -0.2) is 61.4 Å². The zero-order chi connectivity index (χ0) is 24.0. The first-order chi connectivity index (χ1) is 17.0. The summed E-state index contributed by atoms with van der Waals surface area (Å²) in [6.07, 6.45) is 7.05. The van der Waals surface area contributed by atoms with E-state index in [4.69, 9.17) is 0 Å². The largest absolute Gasteiger partial charge is 0.370 e. The van der Waals surface area contributed by atoms with E-state index in [1.54, 1.807) is 0 Å². The Hall–Kier alpha value is -2.86. The smallest absolute Gasteiger partial charge is 0.256 e. The number of rotatable bonds is 5. The van der Waals surface area contributed by atoms with Crippen LogP contribution in [-0.2, 0) is 4.79 Å². The second-order valence-electron chi connectivity index (χ2n) is 11.2. The fourth-order valence-electron chi connectivity index (χ4n) is 6.15. The van der Waals surface area contributed by atoms with Crippen LogP contribution in [0.3, 0.4) is 0 Å². The third-order valence-corrected chi connectivity index (χ3v) is 8.67. The van der Waals surface area contributed by atoms with Crippen molar-refractivity contribution in [1.29, 1.82) is 0 Å². The van der Waals surface area contributed by atoms with E-state index in [0.717, 1.165) is 56.0 Å². The molecule has 2 aromatic rings. The Morgan fingerprint density at radius 1 is 0.971 bits per heavy atom. The van der Waals surface area contributed by atoms with Crippen molar-refractivity contribution in [2.24, 2.45) is 11.3 Å². The number of carbonyl (C=O) groups excluding carboxylic acids is 2. The number of nitrogens with zero attached hydrogens (tertiary/aromatic N) is 3. The van der Waals surface area contributed by atoms with Gasteiger partial charge in [0.1, 0.15) is 0 Å². The number of piperazine rings is 1. The highest BCUT2D eigenvalue weighted by molar-refractivity contribution is 6.02. The first-order valence-electron chi connectivity index (χ1n) is 13.3. The fourth-order valence-corrected chi connectivity index (χ4v) is 6.15. The Bertz CT molecular complexity index is 1110. The molecule has 2 aliphatic carbocycles. The number of hydrogen-bond acceptors (Lipinski definition) is 4. The lowest BCUT2D eigenvalue weighted by molar-refractivity contribution is -0.117. The van der Waals surface area contributed by atoms with Gasteiger partial charge in [-0.25, -0.2) is 0 Å². The van der Waals surface area contributed by atoms with Crippen molar-refractivity contribution in [3.8, 4) is 0 Å². The lowest BCUT2D eigenvalue weighted by atomic mass is 9.68. The summed E-state index contributed by atoms with van der Waals surface area (Å²) < 4.78 is 0. The van der Waals surface area contributed by atoms with Crippen LogP contribution in [0.25, 0.3) is 0 Å². The van der Waals surface area contributed by atoms with Crippen molar-refractivity contribution in [3.05, 3.63) is 59.7 Å². The van der Waals surface area contributed by atoms with E-state index >= 15 is 0 Å². The first-order valence-corrected chi connectivity index (χ1v) is 13.3. The Labute approximate surface area is 208 Å². The SMILES string of the molecule is CN1CCN(C(=O)c2ccc(NC(=O)C3CC3)cc2N2CCC3(CCC3)C2)C(c2ccccc2)C1. The summed E-state index contributed by atoms with van der Waals surface area (Å²) in [6, 6.07) is 16.3. The summed E-state index contributed by atoms with van der Waals surface area (Å²) in [6.45, 7) is 4.39. The average Bonchev–Trinajstić information content (AvgIpc) is 3.61. The van der Waals surface area contributed by atoms with Crippen molar-refractivity contribution in [1.82, 2.24) is 9.80 Å². The summed E-state index contributed by atoms with van der Waals surface area (Å²) in [4.78, 5) is 33.4. The van der Waals surface area contributed by atoms with Crippen LogP contribution in [0.2, 0.25) is 0 Å². The van der Waals surface area contributed by atoms with Gasteiger partial charge in [-0.05, 0) is 68.3 Å². The second-order valence-corrected chi connectivity index (χ2v) is 11.2. The van der Waals surface area contributed by atoms with Gasteiger partial charge in [-0.2, -0.15) is 0 Å². The van der Waals surface area contributed by atoms with Gasteiger partial charge in [0.2, 0.25) is 5.91 Å². The summed E-state index contributed by atoms with van der Waals surface area (Å²) in [5, 5.41) is 3.11. The van der Waals surface area contributed by atoms with E-state index in [9.17, 15) is 9.59 Å². The third-order valence-electron chi connectivity index (χ3n) is 8.67. The molecule has 6 nitrogen and oxygen atoms in total. The van der Waals surface area contributed by atoms with Crippen molar-refractivity contribution >= 4 is 23.2 Å². The third kappa shape index (κ3) is 4.44. The lowest BCUT2D eigenvalue weighted by Gasteiger charge is -2.41. The van der Waals surface area contributed by atoms with Gasteiger partial charge in [0.25, 0.3) is 5.91 Å². The molecule has 1 unspecified atom stereocenters. The van der Waals surface area contributed by atoms with Crippen molar-refractivity contribution in [2.75, 3.05) is 50.0 Å². The van der Waals surface area contributed by atoms with E-state index in [-0.39, 0.29) is 23.8 Å². The molecule has 4 fully saturated rings. The van der Waals surface area contributed by atoms with Crippen LogP contribution >= 0.6 is 0 Å². The lowest BCUT2D eigenvalue weighted by Crippen LogP contribution is -2.49. The van der Waals surface area contributed by atoms with Gasteiger partial charge in [-0.15, -0.1) is 0 Å². The number of likely N-dealkylation sites (N-methyl/N-ethyl adjacent to an activating group) is 1. The molecule has 2 saturated carbocycles. The van der Waals surface area contributed by atoms with E-state index in [1.165, 1.54) is 31.2 Å². The Morgan fingerprint density at radius 2 is 1.77 bits per heavy atom. The highest BCUT2D eigenvalue weighted by atomic mass is 16.2. The number of hydrogen-bond donors (Lipinski definition) is 1. The number of benzene rings is 2. The van der Waals surface area contributed by atoms with Crippen molar-refractivity contribution in [2.45, 2.75) is 44.6 Å². The van der Waals surface area contributed by atoms with Gasteiger partial charge < -0.3 is 20.0 Å². The minimum Gasteiger partial charge on any atom is -0.370 e. The van der Waals surface area contributed by atoms with Crippen molar-refractivity contribution in [3.63, 3.8) is 0 Å². The van der Waals surface area contributed by atoms with Gasteiger partial charge in [0.15, 0.2) is 0 Å².